The van der Waals surface area contributed by atoms with Gasteiger partial charge >= 0.3 is 0 Å². The highest BCUT2D eigenvalue weighted by atomic mass is 32.1. The lowest BCUT2D eigenvalue weighted by molar-refractivity contribution is 0.0196. The Balaban J connectivity index is 1.57. The number of nitrogens with two attached hydrogens (primary N) is 1. The van der Waals surface area contributed by atoms with Crippen LogP contribution in [0.5, 0.6) is 0 Å². The predicted molar refractivity (Wildman–Crippen MR) is 110 cm³/mol. The SMILES string of the molecule is CC1(O)CCC(Nc2nc(Nc3cc(C(N)=O)cs3)nc3ccsc23)CC1. The van der Waals surface area contributed by atoms with Gasteiger partial charge < -0.3 is 21.5 Å². The Morgan fingerprint density at radius 2 is 2.11 bits per heavy atom. The van der Waals surface area contributed by atoms with E-state index < -0.39 is 11.5 Å². The van der Waals surface area contributed by atoms with E-state index in [0.29, 0.717) is 11.5 Å². The molecule has 142 valence electrons. The van der Waals surface area contributed by atoms with E-state index in [9.17, 15) is 9.90 Å². The monoisotopic (exact) mass is 403 g/mol. The zero-order valence-corrected chi connectivity index (χ0v) is 16.5. The van der Waals surface area contributed by atoms with E-state index in [-0.39, 0.29) is 6.04 Å². The molecule has 1 aliphatic rings. The number of primary amides is 1. The van der Waals surface area contributed by atoms with Gasteiger partial charge in [0.25, 0.3) is 0 Å². The second-order valence-electron chi connectivity index (χ2n) is 7.14. The third-order valence-corrected chi connectivity index (χ3v) is 6.58. The van der Waals surface area contributed by atoms with Crippen LogP contribution >= 0.6 is 22.7 Å². The molecule has 3 aromatic rings. The first-order chi connectivity index (χ1) is 12.9. The van der Waals surface area contributed by atoms with Crippen LogP contribution in [-0.2, 0) is 0 Å². The quantitative estimate of drug-likeness (QED) is 0.517. The number of thiophene rings is 2. The fourth-order valence-corrected chi connectivity index (χ4v) is 4.80. The molecule has 0 aliphatic heterocycles. The van der Waals surface area contributed by atoms with Crippen LogP contribution in [0.1, 0.15) is 43.0 Å². The van der Waals surface area contributed by atoms with Crippen molar-refractivity contribution < 1.29 is 9.90 Å². The van der Waals surface area contributed by atoms with Gasteiger partial charge in [-0.05, 0) is 50.1 Å². The highest BCUT2D eigenvalue weighted by Gasteiger charge is 2.29. The minimum Gasteiger partial charge on any atom is -0.390 e. The summed E-state index contributed by atoms with van der Waals surface area (Å²) in [6.07, 6.45) is 3.36. The molecule has 5 N–H and O–H groups in total. The van der Waals surface area contributed by atoms with Gasteiger partial charge in [0, 0.05) is 11.4 Å². The van der Waals surface area contributed by atoms with Gasteiger partial charge in [-0.25, -0.2) is 4.98 Å². The van der Waals surface area contributed by atoms with Gasteiger partial charge in [-0.1, -0.05) is 0 Å². The third kappa shape index (κ3) is 4.05. The maximum Gasteiger partial charge on any atom is 0.249 e. The zero-order chi connectivity index (χ0) is 19.0. The molecule has 0 atom stereocenters. The molecule has 7 nitrogen and oxygen atoms in total. The average Bonchev–Trinajstić information content (AvgIpc) is 3.26. The van der Waals surface area contributed by atoms with Crippen molar-refractivity contribution in [2.45, 2.75) is 44.2 Å². The smallest absolute Gasteiger partial charge is 0.249 e. The van der Waals surface area contributed by atoms with E-state index >= 15 is 0 Å². The Kier molecular flexibility index (Phi) is 4.75. The zero-order valence-electron chi connectivity index (χ0n) is 14.9. The molecule has 1 aliphatic carbocycles. The maximum atomic E-state index is 11.3. The number of hydrogen-bond donors (Lipinski definition) is 4. The number of aliphatic hydroxyl groups is 1. The van der Waals surface area contributed by atoms with Crippen molar-refractivity contribution in [3.63, 3.8) is 0 Å². The predicted octanol–water partition coefficient (Wildman–Crippen LogP) is 3.70. The molecule has 3 aromatic heterocycles. The molecule has 0 aromatic carbocycles. The van der Waals surface area contributed by atoms with Crippen molar-refractivity contribution in [3.8, 4) is 0 Å². The minimum atomic E-state index is -0.563. The number of aromatic nitrogens is 2. The van der Waals surface area contributed by atoms with Crippen molar-refractivity contribution in [1.82, 2.24) is 9.97 Å². The summed E-state index contributed by atoms with van der Waals surface area (Å²) >= 11 is 2.99. The number of rotatable bonds is 5. The summed E-state index contributed by atoms with van der Waals surface area (Å²) in [6, 6.07) is 3.94. The normalized spacial score (nSPS) is 22.7. The summed E-state index contributed by atoms with van der Waals surface area (Å²) in [4.78, 5) is 20.5. The van der Waals surface area contributed by atoms with E-state index in [4.69, 9.17) is 5.73 Å². The fourth-order valence-electron chi connectivity index (χ4n) is 3.24. The third-order valence-electron chi connectivity index (χ3n) is 4.83. The second kappa shape index (κ2) is 7.06. The number of anilines is 3. The molecule has 4 rings (SSSR count). The second-order valence-corrected chi connectivity index (χ2v) is 8.96. The Morgan fingerprint density at radius 1 is 1.33 bits per heavy atom. The molecule has 0 bridgehead atoms. The van der Waals surface area contributed by atoms with Crippen molar-refractivity contribution in [2.24, 2.45) is 5.73 Å². The van der Waals surface area contributed by atoms with Crippen LogP contribution in [0.15, 0.2) is 22.9 Å². The highest BCUT2D eigenvalue weighted by Crippen LogP contribution is 2.33. The van der Waals surface area contributed by atoms with Gasteiger partial charge in [-0.3, -0.25) is 4.79 Å². The van der Waals surface area contributed by atoms with Crippen LogP contribution < -0.4 is 16.4 Å². The molecule has 1 fully saturated rings. The van der Waals surface area contributed by atoms with Gasteiger partial charge in [0.2, 0.25) is 11.9 Å². The number of hydrogen-bond acceptors (Lipinski definition) is 8. The average molecular weight is 404 g/mol. The lowest BCUT2D eigenvalue weighted by Crippen LogP contribution is -2.35. The Labute approximate surface area is 164 Å². The highest BCUT2D eigenvalue weighted by molar-refractivity contribution is 7.17. The van der Waals surface area contributed by atoms with Gasteiger partial charge in [0.1, 0.15) is 5.82 Å². The number of nitrogens with zero attached hydrogens (tertiary/aromatic N) is 2. The summed E-state index contributed by atoms with van der Waals surface area (Å²) < 4.78 is 1.02. The first-order valence-corrected chi connectivity index (χ1v) is 10.6. The van der Waals surface area contributed by atoms with Crippen LogP contribution in [0.25, 0.3) is 10.2 Å². The molecular formula is C18H21N5O2S2. The van der Waals surface area contributed by atoms with Crippen LogP contribution in [0.4, 0.5) is 16.8 Å². The lowest BCUT2D eigenvalue weighted by atomic mass is 9.84. The van der Waals surface area contributed by atoms with Crippen LogP contribution in [0, 0.1) is 0 Å². The van der Waals surface area contributed by atoms with E-state index in [1.165, 1.54) is 11.3 Å². The summed E-state index contributed by atoms with van der Waals surface area (Å²) in [7, 11) is 0. The Bertz CT molecular complexity index is 971. The van der Waals surface area contributed by atoms with E-state index in [1.807, 2.05) is 18.4 Å². The number of amides is 1. The summed E-state index contributed by atoms with van der Waals surface area (Å²) in [6.45, 7) is 1.90. The van der Waals surface area contributed by atoms with Gasteiger partial charge in [-0.2, -0.15) is 4.98 Å². The van der Waals surface area contributed by atoms with E-state index in [0.717, 1.165) is 46.7 Å². The van der Waals surface area contributed by atoms with Crippen molar-refractivity contribution in [2.75, 3.05) is 10.6 Å². The minimum absolute atomic E-state index is 0.279. The largest absolute Gasteiger partial charge is 0.390 e. The molecule has 27 heavy (non-hydrogen) atoms. The fraction of sp³-hybridized carbons (Fsp3) is 0.389. The molecule has 3 heterocycles. The first kappa shape index (κ1) is 18.1. The topological polar surface area (TPSA) is 113 Å². The van der Waals surface area contributed by atoms with E-state index in [2.05, 4.69) is 20.6 Å². The maximum absolute atomic E-state index is 11.3. The van der Waals surface area contributed by atoms with Crippen LogP contribution in [0.3, 0.4) is 0 Å². The number of carbonyl (C=O) groups excluding carboxylic acids is 1. The molecule has 9 heteroatoms. The van der Waals surface area contributed by atoms with Crippen molar-refractivity contribution in [3.05, 3.63) is 28.5 Å². The molecule has 1 saturated carbocycles. The van der Waals surface area contributed by atoms with E-state index in [1.54, 1.807) is 22.8 Å². The van der Waals surface area contributed by atoms with Crippen LogP contribution in [0.2, 0.25) is 0 Å². The summed E-state index contributed by atoms with van der Waals surface area (Å²) in [5.41, 5.74) is 6.08. The molecule has 0 spiro atoms. The standard InChI is InChI=1S/C18H21N5O2S2/c1-18(25)5-2-11(3-6-18)20-16-14-12(4-7-26-14)21-17(23-16)22-13-8-10(9-27-13)15(19)24/h4,7-9,11,25H,2-3,5-6H2,1H3,(H2,19,24)(H2,20,21,22,23). The number of nitrogens with one attached hydrogen (secondary N) is 2. The van der Waals surface area contributed by atoms with Gasteiger partial charge in [0.15, 0.2) is 0 Å². The Morgan fingerprint density at radius 3 is 2.81 bits per heavy atom. The Hall–Kier alpha value is -2.23. The molecule has 0 unspecified atom stereocenters. The molecule has 1 amide bonds. The molecular weight excluding hydrogens is 382 g/mol. The number of carbonyl (C=O) groups is 1. The number of fused-ring (bicyclic) bond motifs is 1. The van der Waals surface area contributed by atoms with Crippen molar-refractivity contribution >= 4 is 55.6 Å². The molecule has 0 radical (unpaired) electrons. The van der Waals surface area contributed by atoms with Crippen molar-refractivity contribution in [1.29, 1.82) is 0 Å². The van der Waals surface area contributed by atoms with Crippen LogP contribution in [-0.4, -0.2) is 32.6 Å². The van der Waals surface area contributed by atoms with Gasteiger partial charge in [-0.15, -0.1) is 22.7 Å². The lowest BCUT2D eigenvalue weighted by Gasteiger charge is -2.33. The summed E-state index contributed by atoms with van der Waals surface area (Å²) in [5, 5.41) is 21.3. The first-order valence-electron chi connectivity index (χ1n) is 8.79. The molecule has 0 saturated heterocycles. The summed E-state index contributed by atoms with van der Waals surface area (Å²) in [5.74, 6) is 0.823. The van der Waals surface area contributed by atoms with Gasteiger partial charge in [0.05, 0.1) is 26.4 Å².